The summed E-state index contributed by atoms with van der Waals surface area (Å²) in [4.78, 5) is 17.3. The summed E-state index contributed by atoms with van der Waals surface area (Å²) in [5.74, 6) is -0.181. The number of pyridine rings is 1. The van der Waals surface area contributed by atoms with Gasteiger partial charge in [0.2, 0.25) is 9.84 Å². The van der Waals surface area contributed by atoms with Crippen LogP contribution in [0.15, 0.2) is 76.8 Å². The highest BCUT2D eigenvalue weighted by molar-refractivity contribution is 7.91. The van der Waals surface area contributed by atoms with Crippen molar-refractivity contribution in [3.63, 3.8) is 0 Å². The first kappa shape index (κ1) is 20.5. The molecule has 30 heavy (non-hydrogen) atoms. The highest BCUT2D eigenvalue weighted by Gasteiger charge is 2.21. The van der Waals surface area contributed by atoms with Crippen LogP contribution in [0.1, 0.15) is 20.8 Å². The predicted octanol–water partition coefficient (Wildman–Crippen LogP) is 5.02. The highest BCUT2D eigenvalue weighted by atomic mass is 35.5. The number of nitrogens with one attached hydrogen (secondary N) is 1. The lowest BCUT2D eigenvalue weighted by Crippen LogP contribution is -2.21. The zero-order valence-electron chi connectivity index (χ0n) is 15.9. The topological polar surface area (TPSA) is 76.1 Å². The van der Waals surface area contributed by atoms with Crippen LogP contribution in [-0.4, -0.2) is 19.3 Å². The number of fused-ring (bicyclic) bond motifs is 1. The van der Waals surface area contributed by atoms with E-state index in [0.29, 0.717) is 4.88 Å². The Morgan fingerprint density at radius 1 is 1.10 bits per heavy atom. The minimum atomic E-state index is -3.72. The number of thiophene rings is 1. The molecule has 1 amide bonds. The lowest BCUT2D eigenvalue weighted by atomic mass is 10.2. The molecule has 4 rings (SSSR count). The van der Waals surface area contributed by atoms with Crippen LogP contribution >= 0.6 is 22.9 Å². The smallest absolute Gasteiger partial charge is 0.261 e. The Balaban J connectivity index is 1.48. The van der Waals surface area contributed by atoms with Crippen LogP contribution in [0.25, 0.3) is 10.1 Å². The van der Waals surface area contributed by atoms with Crippen LogP contribution in [0.3, 0.4) is 0 Å². The van der Waals surface area contributed by atoms with Gasteiger partial charge in [-0.1, -0.05) is 29.8 Å². The summed E-state index contributed by atoms with van der Waals surface area (Å²) < 4.78 is 26.7. The molecule has 4 aromatic rings. The molecule has 1 N–H and O–H groups in total. The molecule has 0 unspecified atom stereocenters. The van der Waals surface area contributed by atoms with Crippen LogP contribution in [0.2, 0.25) is 5.02 Å². The van der Waals surface area contributed by atoms with Gasteiger partial charge in [0.15, 0.2) is 0 Å². The standard InChI is InChI=1S/C22H17ClN2O3S2/c1-14-2-7-18(23)21(10-14)30(27,28)17-5-3-15(4-6-17)12-25-22(26)19-11-16-8-9-24-13-20(16)29-19/h2-11,13H,12H2,1H3,(H,25,26). The van der Waals surface area contributed by atoms with Gasteiger partial charge in [-0.2, -0.15) is 0 Å². The number of rotatable bonds is 5. The summed E-state index contributed by atoms with van der Waals surface area (Å²) in [6.45, 7) is 2.10. The normalized spacial score (nSPS) is 11.5. The molecule has 0 fully saturated rings. The Labute approximate surface area is 183 Å². The lowest BCUT2D eigenvalue weighted by Gasteiger charge is -2.09. The van der Waals surface area contributed by atoms with E-state index < -0.39 is 9.84 Å². The van der Waals surface area contributed by atoms with Crippen molar-refractivity contribution in [1.29, 1.82) is 0 Å². The van der Waals surface area contributed by atoms with Gasteiger partial charge in [0.25, 0.3) is 5.91 Å². The molecule has 2 heterocycles. The fourth-order valence-corrected chi connectivity index (χ4v) is 5.78. The van der Waals surface area contributed by atoms with E-state index in [-0.39, 0.29) is 27.3 Å². The number of hydrogen-bond acceptors (Lipinski definition) is 5. The third-order valence-corrected chi connectivity index (χ3v) is 7.95. The van der Waals surface area contributed by atoms with Crippen LogP contribution in [0.4, 0.5) is 0 Å². The van der Waals surface area contributed by atoms with Crippen molar-refractivity contribution in [2.45, 2.75) is 23.3 Å². The Bertz CT molecular complexity index is 1310. The fraction of sp³-hybridized carbons (Fsp3) is 0.0909. The summed E-state index contributed by atoms with van der Waals surface area (Å²) >= 11 is 7.48. The minimum absolute atomic E-state index is 0.0875. The predicted molar refractivity (Wildman–Crippen MR) is 119 cm³/mol. The van der Waals surface area contributed by atoms with Crippen molar-refractivity contribution in [2.24, 2.45) is 0 Å². The maximum Gasteiger partial charge on any atom is 0.261 e. The number of sulfone groups is 1. The Hall–Kier alpha value is -2.74. The number of carbonyl (C=O) groups is 1. The van der Waals surface area contributed by atoms with Crippen molar-refractivity contribution < 1.29 is 13.2 Å². The SMILES string of the molecule is Cc1ccc(Cl)c(S(=O)(=O)c2ccc(CNC(=O)c3cc4ccncc4s3)cc2)c1. The summed E-state index contributed by atoms with van der Waals surface area (Å²) in [7, 11) is -3.72. The minimum Gasteiger partial charge on any atom is -0.347 e. The number of hydrogen-bond donors (Lipinski definition) is 1. The molecule has 0 bridgehead atoms. The van der Waals surface area contributed by atoms with Gasteiger partial charge in [0.1, 0.15) is 0 Å². The second kappa shape index (κ2) is 8.18. The van der Waals surface area contributed by atoms with E-state index in [4.69, 9.17) is 11.6 Å². The van der Waals surface area contributed by atoms with E-state index >= 15 is 0 Å². The summed E-state index contributed by atoms with van der Waals surface area (Å²) in [5, 5.41) is 4.03. The van der Waals surface area contributed by atoms with E-state index in [1.165, 1.54) is 23.5 Å². The number of aromatic nitrogens is 1. The maximum absolute atomic E-state index is 12.9. The number of amides is 1. The average Bonchev–Trinajstić information content (AvgIpc) is 3.18. The first-order valence-corrected chi connectivity index (χ1v) is 11.7. The number of halogens is 1. The van der Waals surface area contributed by atoms with Crippen LogP contribution in [0, 0.1) is 6.92 Å². The third kappa shape index (κ3) is 4.09. The van der Waals surface area contributed by atoms with Crippen molar-refractivity contribution >= 4 is 48.8 Å². The maximum atomic E-state index is 12.9. The van der Waals surface area contributed by atoms with Gasteiger partial charge in [0.05, 0.1) is 24.4 Å². The van der Waals surface area contributed by atoms with E-state index in [9.17, 15) is 13.2 Å². The number of aryl methyl sites for hydroxylation is 1. The molecule has 2 aromatic carbocycles. The quantitative estimate of drug-likeness (QED) is 0.457. The van der Waals surface area contributed by atoms with Gasteiger partial charge in [-0.15, -0.1) is 11.3 Å². The molecule has 8 heteroatoms. The van der Waals surface area contributed by atoms with Crippen molar-refractivity contribution in [3.05, 3.63) is 88.0 Å². The summed E-state index contributed by atoms with van der Waals surface area (Å²) in [6.07, 6.45) is 3.42. The van der Waals surface area contributed by atoms with E-state index in [2.05, 4.69) is 10.3 Å². The first-order valence-electron chi connectivity index (χ1n) is 9.06. The molecule has 2 aromatic heterocycles. The van der Waals surface area contributed by atoms with E-state index in [1.54, 1.807) is 42.7 Å². The van der Waals surface area contributed by atoms with Gasteiger partial charge in [-0.05, 0) is 59.8 Å². The van der Waals surface area contributed by atoms with Crippen molar-refractivity contribution in [3.8, 4) is 0 Å². The molecule has 0 aliphatic heterocycles. The fourth-order valence-electron chi connectivity index (χ4n) is 3.00. The largest absolute Gasteiger partial charge is 0.347 e. The summed E-state index contributed by atoms with van der Waals surface area (Å²) in [6, 6.07) is 15.0. The third-order valence-electron chi connectivity index (χ3n) is 4.61. The van der Waals surface area contributed by atoms with Crippen LogP contribution in [-0.2, 0) is 16.4 Å². The number of benzene rings is 2. The molecular weight excluding hydrogens is 440 g/mol. The molecule has 5 nitrogen and oxygen atoms in total. The lowest BCUT2D eigenvalue weighted by molar-refractivity contribution is 0.0955. The Kier molecular flexibility index (Phi) is 5.60. The van der Waals surface area contributed by atoms with E-state index in [0.717, 1.165) is 21.2 Å². The van der Waals surface area contributed by atoms with Gasteiger partial charge in [0, 0.05) is 18.9 Å². The Morgan fingerprint density at radius 3 is 2.60 bits per heavy atom. The monoisotopic (exact) mass is 456 g/mol. The summed E-state index contributed by atoms with van der Waals surface area (Å²) in [5.41, 5.74) is 1.61. The van der Waals surface area contributed by atoms with Crippen LogP contribution in [0.5, 0.6) is 0 Å². The number of carbonyl (C=O) groups excluding carboxylic acids is 1. The highest BCUT2D eigenvalue weighted by Crippen LogP contribution is 2.29. The van der Waals surface area contributed by atoms with Gasteiger partial charge >= 0.3 is 0 Å². The average molecular weight is 457 g/mol. The molecule has 0 saturated carbocycles. The number of nitrogens with zero attached hydrogens (tertiary/aromatic N) is 1. The van der Waals surface area contributed by atoms with E-state index in [1.807, 2.05) is 19.1 Å². The molecular formula is C22H17ClN2O3S2. The molecule has 0 atom stereocenters. The zero-order valence-corrected chi connectivity index (χ0v) is 18.3. The van der Waals surface area contributed by atoms with Crippen molar-refractivity contribution in [2.75, 3.05) is 0 Å². The second-order valence-electron chi connectivity index (χ2n) is 6.79. The van der Waals surface area contributed by atoms with Crippen LogP contribution < -0.4 is 5.32 Å². The molecule has 0 aliphatic carbocycles. The zero-order chi connectivity index (χ0) is 21.3. The van der Waals surface area contributed by atoms with Gasteiger partial charge < -0.3 is 5.32 Å². The molecule has 0 radical (unpaired) electrons. The molecule has 0 saturated heterocycles. The molecule has 152 valence electrons. The Morgan fingerprint density at radius 2 is 1.87 bits per heavy atom. The second-order valence-corrected chi connectivity index (χ2v) is 10.2. The first-order chi connectivity index (χ1) is 14.3. The molecule has 0 spiro atoms. The van der Waals surface area contributed by atoms with Gasteiger partial charge in [-0.3, -0.25) is 9.78 Å². The van der Waals surface area contributed by atoms with Gasteiger partial charge in [-0.25, -0.2) is 8.42 Å². The molecule has 0 aliphatic rings. The van der Waals surface area contributed by atoms with Crippen molar-refractivity contribution in [1.82, 2.24) is 10.3 Å².